The van der Waals surface area contributed by atoms with E-state index in [1.54, 1.807) is 23.9 Å². The third kappa shape index (κ3) is 3.76. The Bertz CT molecular complexity index is 1100. The first-order chi connectivity index (χ1) is 12.7. The van der Waals surface area contributed by atoms with E-state index in [2.05, 4.69) is 20.1 Å². The van der Waals surface area contributed by atoms with Gasteiger partial charge in [0, 0.05) is 18.9 Å². The Kier molecular flexibility index (Phi) is 4.85. The van der Waals surface area contributed by atoms with Gasteiger partial charge < -0.3 is 9.88 Å². The number of nitrogens with one attached hydrogen (secondary N) is 2. The third-order valence-corrected chi connectivity index (χ3v) is 5.41. The quantitative estimate of drug-likeness (QED) is 0.686. The molecule has 0 bridgehead atoms. The van der Waals surface area contributed by atoms with E-state index in [1.807, 2.05) is 19.9 Å². The number of sulfonamides is 1. The van der Waals surface area contributed by atoms with Crippen LogP contribution in [0.25, 0.3) is 5.82 Å². The van der Waals surface area contributed by atoms with Gasteiger partial charge in [-0.05, 0) is 45.2 Å². The lowest BCUT2D eigenvalue weighted by atomic mass is 10.3. The van der Waals surface area contributed by atoms with Crippen molar-refractivity contribution in [3.05, 3.63) is 53.7 Å². The van der Waals surface area contributed by atoms with Crippen LogP contribution in [0.1, 0.15) is 21.9 Å². The second-order valence-corrected chi connectivity index (χ2v) is 7.96. The number of pyridine rings is 1. The topological polar surface area (TPSA) is 111 Å². The van der Waals surface area contributed by atoms with E-state index in [-0.39, 0.29) is 10.6 Å². The van der Waals surface area contributed by atoms with Crippen LogP contribution in [0.15, 0.2) is 41.6 Å². The summed E-state index contributed by atoms with van der Waals surface area (Å²) in [5.74, 6) is 0.204. The van der Waals surface area contributed by atoms with Crippen molar-refractivity contribution in [2.45, 2.75) is 18.7 Å². The Morgan fingerprint density at radius 1 is 1.19 bits per heavy atom. The minimum atomic E-state index is -3.62. The summed E-state index contributed by atoms with van der Waals surface area (Å²) in [7, 11) is -0.695. The van der Waals surface area contributed by atoms with Crippen LogP contribution in [-0.2, 0) is 17.1 Å². The smallest absolute Gasteiger partial charge is 0.272 e. The summed E-state index contributed by atoms with van der Waals surface area (Å²) >= 11 is 0. The Labute approximate surface area is 157 Å². The van der Waals surface area contributed by atoms with Crippen LogP contribution in [0.2, 0.25) is 0 Å². The second kappa shape index (κ2) is 6.97. The van der Waals surface area contributed by atoms with Gasteiger partial charge in [-0.2, -0.15) is 5.10 Å². The highest BCUT2D eigenvalue weighted by Crippen LogP contribution is 2.16. The summed E-state index contributed by atoms with van der Waals surface area (Å²) in [4.78, 5) is 16.8. The zero-order chi connectivity index (χ0) is 19.8. The largest absolute Gasteiger partial charge is 0.345 e. The van der Waals surface area contributed by atoms with Crippen LogP contribution >= 0.6 is 0 Å². The predicted molar refractivity (Wildman–Crippen MR) is 100 cm³/mol. The molecule has 0 saturated carbocycles. The first-order valence-corrected chi connectivity index (χ1v) is 9.60. The zero-order valence-corrected chi connectivity index (χ0v) is 16.2. The first-order valence-electron chi connectivity index (χ1n) is 8.12. The standard InChI is InChI=1S/C17H20N6O3S/c1-11-7-12(2)23(21-11)16-6-5-13(9-19-16)20-17(24)15-8-14(10-22(15)4)27(25,26)18-3/h5-10,18H,1-4H3,(H,20,24). The summed E-state index contributed by atoms with van der Waals surface area (Å²) in [5.41, 5.74) is 2.55. The second-order valence-electron chi connectivity index (χ2n) is 6.08. The number of rotatable bonds is 5. The lowest BCUT2D eigenvalue weighted by molar-refractivity contribution is 0.101. The molecular formula is C17H20N6O3S. The van der Waals surface area contributed by atoms with E-state index in [1.165, 1.54) is 30.1 Å². The molecule has 0 atom stereocenters. The molecule has 3 aromatic heterocycles. The average molecular weight is 388 g/mol. The predicted octanol–water partition coefficient (Wildman–Crippen LogP) is 1.38. The fourth-order valence-corrected chi connectivity index (χ4v) is 3.47. The molecule has 3 rings (SSSR count). The van der Waals surface area contributed by atoms with Crippen LogP contribution in [-0.4, -0.2) is 40.7 Å². The van der Waals surface area contributed by atoms with Crippen molar-refractivity contribution in [2.75, 3.05) is 12.4 Å². The molecule has 3 heterocycles. The van der Waals surface area contributed by atoms with Crippen LogP contribution in [0.4, 0.5) is 5.69 Å². The number of nitrogens with zero attached hydrogens (tertiary/aromatic N) is 4. The fourth-order valence-electron chi connectivity index (χ4n) is 2.67. The molecule has 0 saturated heterocycles. The maximum atomic E-state index is 12.5. The van der Waals surface area contributed by atoms with Crippen molar-refractivity contribution >= 4 is 21.6 Å². The summed E-state index contributed by atoms with van der Waals surface area (Å²) in [6.07, 6.45) is 2.91. The van der Waals surface area contributed by atoms with Gasteiger partial charge in [-0.25, -0.2) is 22.8 Å². The molecule has 2 N–H and O–H groups in total. The van der Waals surface area contributed by atoms with Gasteiger partial charge in [-0.3, -0.25) is 4.79 Å². The highest BCUT2D eigenvalue weighted by Gasteiger charge is 2.19. The maximum absolute atomic E-state index is 12.5. The van der Waals surface area contributed by atoms with Crippen molar-refractivity contribution < 1.29 is 13.2 Å². The molecule has 1 amide bonds. The molecule has 0 spiro atoms. The van der Waals surface area contributed by atoms with E-state index in [4.69, 9.17) is 0 Å². The molecule has 0 aliphatic rings. The average Bonchev–Trinajstić information content (AvgIpc) is 3.18. The molecule has 142 valence electrons. The van der Waals surface area contributed by atoms with Gasteiger partial charge in [0.2, 0.25) is 10.0 Å². The molecule has 3 aromatic rings. The number of hydrogen-bond acceptors (Lipinski definition) is 5. The van der Waals surface area contributed by atoms with E-state index in [9.17, 15) is 13.2 Å². The highest BCUT2D eigenvalue weighted by molar-refractivity contribution is 7.89. The van der Waals surface area contributed by atoms with Gasteiger partial charge in [0.15, 0.2) is 5.82 Å². The molecule has 0 unspecified atom stereocenters. The third-order valence-electron chi connectivity index (χ3n) is 4.02. The Hall–Kier alpha value is -2.98. The van der Waals surface area contributed by atoms with E-state index in [0.717, 1.165) is 11.4 Å². The van der Waals surface area contributed by atoms with Gasteiger partial charge in [-0.1, -0.05) is 0 Å². The van der Waals surface area contributed by atoms with E-state index < -0.39 is 15.9 Å². The van der Waals surface area contributed by atoms with Gasteiger partial charge in [0.05, 0.1) is 17.6 Å². The van der Waals surface area contributed by atoms with Crippen molar-refractivity contribution in [3.63, 3.8) is 0 Å². The highest BCUT2D eigenvalue weighted by atomic mass is 32.2. The summed E-state index contributed by atoms with van der Waals surface area (Å²) in [5, 5.41) is 7.08. The molecular weight excluding hydrogens is 368 g/mol. The molecule has 0 fully saturated rings. The lowest BCUT2D eigenvalue weighted by Gasteiger charge is -2.07. The van der Waals surface area contributed by atoms with Crippen molar-refractivity contribution in [1.82, 2.24) is 24.1 Å². The monoisotopic (exact) mass is 388 g/mol. The van der Waals surface area contributed by atoms with E-state index in [0.29, 0.717) is 11.5 Å². The van der Waals surface area contributed by atoms with Crippen LogP contribution in [0.3, 0.4) is 0 Å². The minimum absolute atomic E-state index is 0.0238. The number of aryl methyl sites for hydroxylation is 3. The van der Waals surface area contributed by atoms with Gasteiger partial charge in [0.25, 0.3) is 5.91 Å². The Balaban J connectivity index is 1.80. The molecule has 9 nitrogen and oxygen atoms in total. The first kappa shape index (κ1) is 18.8. The molecule has 0 radical (unpaired) electrons. The molecule has 0 aromatic carbocycles. The molecule has 0 aliphatic carbocycles. The van der Waals surface area contributed by atoms with Crippen molar-refractivity contribution in [1.29, 1.82) is 0 Å². The molecule has 0 aliphatic heterocycles. The number of carbonyl (C=O) groups excluding carboxylic acids is 1. The molecule has 10 heteroatoms. The fraction of sp³-hybridized carbons (Fsp3) is 0.235. The Morgan fingerprint density at radius 2 is 1.93 bits per heavy atom. The lowest BCUT2D eigenvalue weighted by Crippen LogP contribution is -2.18. The number of hydrogen-bond donors (Lipinski definition) is 2. The van der Waals surface area contributed by atoms with Crippen molar-refractivity contribution in [3.8, 4) is 5.82 Å². The molecule has 27 heavy (non-hydrogen) atoms. The number of amides is 1. The minimum Gasteiger partial charge on any atom is -0.345 e. The van der Waals surface area contributed by atoms with Crippen molar-refractivity contribution in [2.24, 2.45) is 7.05 Å². The van der Waals surface area contributed by atoms with Crippen LogP contribution in [0.5, 0.6) is 0 Å². The van der Waals surface area contributed by atoms with Crippen LogP contribution < -0.4 is 10.0 Å². The van der Waals surface area contributed by atoms with E-state index >= 15 is 0 Å². The summed E-state index contributed by atoms with van der Waals surface area (Å²) in [6, 6.07) is 6.73. The van der Waals surface area contributed by atoms with Gasteiger partial charge in [0.1, 0.15) is 10.6 Å². The zero-order valence-electron chi connectivity index (χ0n) is 15.4. The number of anilines is 1. The van der Waals surface area contributed by atoms with Crippen LogP contribution in [0, 0.1) is 13.8 Å². The normalized spacial score (nSPS) is 11.6. The van der Waals surface area contributed by atoms with Gasteiger partial charge in [-0.15, -0.1) is 0 Å². The summed E-state index contributed by atoms with van der Waals surface area (Å²) < 4.78 is 29.1. The number of aromatic nitrogens is 4. The Morgan fingerprint density at radius 3 is 2.48 bits per heavy atom. The van der Waals surface area contributed by atoms with Gasteiger partial charge >= 0.3 is 0 Å². The summed E-state index contributed by atoms with van der Waals surface area (Å²) in [6.45, 7) is 3.84. The SMILES string of the molecule is CNS(=O)(=O)c1cc(C(=O)Nc2ccc(-n3nc(C)cc3C)nc2)n(C)c1. The number of carbonyl (C=O) groups is 1. The maximum Gasteiger partial charge on any atom is 0.272 e.